The van der Waals surface area contributed by atoms with Crippen LogP contribution in [0.1, 0.15) is 18.5 Å². The molecular formula is C12H20N4O2. The molecule has 0 radical (unpaired) electrons. The van der Waals surface area contributed by atoms with Crippen molar-refractivity contribution in [1.82, 2.24) is 9.55 Å². The van der Waals surface area contributed by atoms with Crippen molar-refractivity contribution in [2.75, 3.05) is 25.1 Å². The van der Waals surface area contributed by atoms with Crippen molar-refractivity contribution >= 4 is 5.95 Å². The monoisotopic (exact) mass is 252 g/mol. The van der Waals surface area contributed by atoms with Crippen LogP contribution in [0.25, 0.3) is 0 Å². The molecule has 6 nitrogen and oxygen atoms in total. The molecule has 18 heavy (non-hydrogen) atoms. The number of nitrogens with two attached hydrogens (primary N) is 1. The van der Waals surface area contributed by atoms with E-state index in [4.69, 9.17) is 10.5 Å². The van der Waals surface area contributed by atoms with E-state index >= 15 is 0 Å². The summed E-state index contributed by atoms with van der Waals surface area (Å²) in [7, 11) is 3.34. The van der Waals surface area contributed by atoms with Crippen molar-refractivity contribution in [3.63, 3.8) is 0 Å². The van der Waals surface area contributed by atoms with E-state index < -0.39 is 0 Å². The maximum Gasteiger partial charge on any atom is 0.254 e. The van der Waals surface area contributed by atoms with Crippen LogP contribution in [0.2, 0.25) is 0 Å². The van der Waals surface area contributed by atoms with E-state index in [2.05, 4.69) is 9.88 Å². The summed E-state index contributed by atoms with van der Waals surface area (Å²) >= 11 is 0. The summed E-state index contributed by atoms with van der Waals surface area (Å²) in [5.41, 5.74) is 6.50. The van der Waals surface area contributed by atoms with Gasteiger partial charge in [0, 0.05) is 39.4 Å². The molecule has 100 valence electrons. The molecule has 0 amide bonds. The predicted molar refractivity (Wildman–Crippen MR) is 69.6 cm³/mol. The number of piperidine rings is 1. The molecule has 0 bridgehead atoms. The summed E-state index contributed by atoms with van der Waals surface area (Å²) in [6, 6.07) is 1.78. The van der Waals surface area contributed by atoms with Gasteiger partial charge in [0.25, 0.3) is 5.56 Å². The highest BCUT2D eigenvalue weighted by molar-refractivity contribution is 5.32. The lowest BCUT2D eigenvalue weighted by Gasteiger charge is -2.31. The van der Waals surface area contributed by atoms with E-state index in [9.17, 15) is 4.79 Å². The van der Waals surface area contributed by atoms with Gasteiger partial charge < -0.3 is 15.4 Å². The summed E-state index contributed by atoms with van der Waals surface area (Å²) in [6.45, 7) is 2.05. The van der Waals surface area contributed by atoms with E-state index in [1.165, 1.54) is 6.07 Å². The van der Waals surface area contributed by atoms with Crippen LogP contribution in [0.4, 0.5) is 5.95 Å². The minimum absolute atomic E-state index is 0.0538. The molecule has 2 rings (SSSR count). The lowest BCUT2D eigenvalue weighted by Crippen LogP contribution is -2.42. The van der Waals surface area contributed by atoms with E-state index in [0.717, 1.165) is 25.9 Å². The average molecular weight is 252 g/mol. The Labute approximate surface area is 106 Å². The van der Waals surface area contributed by atoms with Crippen molar-refractivity contribution in [2.24, 2.45) is 12.8 Å². The standard InChI is InChI=1S/C12H20N4O2/c1-15-11(17)7-10(8-18-2)14-12(15)16-5-3-9(13)4-6-16/h7,9H,3-6,8,13H2,1-2H3. The molecule has 0 unspecified atom stereocenters. The number of nitrogens with zero attached hydrogens (tertiary/aromatic N) is 3. The van der Waals surface area contributed by atoms with Crippen molar-refractivity contribution in [3.05, 3.63) is 22.1 Å². The number of rotatable bonds is 3. The maximum atomic E-state index is 11.9. The molecule has 1 aromatic rings. The minimum atomic E-state index is -0.0538. The van der Waals surface area contributed by atoms with Gasteiger partial charge in [-0.25, -0.2) is 4.98 Å². The fraction of sp³-hybridized carbons (Fsp3) is 0.667. The summed E-state index contributed by atoms with van der Waals surface area (Å²) in [5, 5.41) is 0. The highest BCUT2D eigenvalue weighted by atomic mass is 16.5. The average Bonchev–Trinajstić information content (AvgIpc) is 2.35. The number of hydrogen-bond acceptors (Lipinski definition) is 5. The fourth-order valence-corrected chi connectivity index (χ4v) is 2.18. The van der Waals surface area contributed by atoms with Crippen LogP contribution in [-0.4, -0.2) is 35.8 Å². The third-order valence-corrected chi connectivity index (χ3v) is 3.28. The van der Waals surface area contributed by atoms with E-state index in [1.54, 1.807) is 18.7 Å². The summed E-state index contributed by atoms with van der Waals surface area (Å²) in [4.78, 5) is 18.5. The number of methoxy groups -OCH3 is 1. The lowest BCUT2D eigenvalue weighted by atomic mass is 10.1. The molecule has 1 saturated heterocycles. The van der Waals surface area contributed by atoms with E-state index in [1.807, 2.05) is 0 Å². The van der Waals surface area contributed by atoms with Gasteiger partial charge in [0.1, 0.15) is 0 Å². The van der Waals surface area contributed by atoms with Gasteiger partial charge in [0.05, 0.1) is 12.3 Å². The first-order valence-electron chi connectivity index (χ1n) is 6.18. The van der Waals surface area contributed by atoms with Crippen LogP contribution in [0.15, 0.2) is 10.9 Å². The molecule has 2 heterocycles. The Bertz CT molecular complexity index is 464. The first kappa shape index (κ1) is 13.0. The fourth-order valence-electron chi connectivity index (χ4n) is 2.18. The van der Waals surface area contributed by atoms with Crippen LogP contribution < -0.4 is 16.2 Å². The van der Waals surface area contributed by atoms with Gasteiger partial charge in [0.2, 0.25) is 5.95 Å². The second kappa shape index (κ2) is 5.49. The number of aromatic nitrogens is 2. The maximum absolute atomic E-state index is 11.9. The third kappa shape index (κ3) is 2.70. The van der Waals surface area contributed by atoms with E-state index in [0.29, 0.717) is 18.2 Å². The second-order valence-electron chi connectivity index (χ2n) is 4.70. The van der Waals surface area contributed by atoms with Gasteiger partial charge in [-0.05, 0) is 12.8 Å². The molecule has 0 spiro atoms. The SMILES string of the molecule is COCc1cc(=O)n(C)c(N2CCC(N)CC2)n1. The molecule has 1 aromatic heterocycles. The zero-order valence-electron chi connectivity index (χ0n) is 10.9. The van der Waals surface area contributed by atoms with Gasteiger partial charge in [-0.1, -0.05) is 0 Å². The molecule has 6 heteroatoms. The molecule has 0 aromatic carbocycles. The molecule has 0 aliphatic carbocycles. The summed E-state index contributed by atoms with van der Waals surface area (Å²) < 4.78 is 6.61. The topological polar surface area (TPSA) is 73.4 Å². The summed E-state index contributed by atoms with van der Waals surface area (Å²) in [5.74, 6) is 0.710. The number of hydrogen-bond donors (Lipinski definition) is 1. The van der Waals surface area contributed by atoms with Crippen molar-refractivity contribution in [1.29, 1.82) is 0 Å². The Morgan fingerprint density at radius 1 is 1.50 bits per heavy atom. The molecular weight excluding hydrogens is 232 g/mol. The normalized spacial score (nSPS) is 17.2. The third-order valence-electron chi connectivity index (χ3n) is 3.28. The molecule has 0 atom stereocenters. The Morgan fingerprint density at radius 3 is 2.78 bits per heavy atom. The van der Waals surface area contributed by atoms with E-state index in [-0.39, 0.29) is 11.6 Å². The Balaban J connectivity index is 2.28. The quantitative estimate of drug-likeness (QED) is 0.810. The van der Waals surface area contributed by atoms with Gasteiger partial charge >= 0.3 is 0 Å². The highest BCUT2D eigenvalue weighted by Crippen LogP contribution is 2.15. The van der Waals surface area contributed by atoms with Gasteiger partial charge in [0.15, 0.2) is 0 Å². The zero-order valence-corrected chi connectivity index (χ0v) is 10.9. The first-order chi connectivity index (χ1) is 8.61. The Hall–Kier alpha value is -1.40. The molecule has 1 aliphatic heterocycles. The zero-order chi connectivity index (χ0) is 13.1. The van der Waals surface area contributed by atoms with Crippen LogP contribution in [0.3, 0.4) is 0 Å². The minimum Gasteiger partial charge on any atom is -0.378 e. The van der Waals surface area contributed by atoms with Crippen LogP contribution in [-0.2, 0) is 18.4 Å². The van der Waals surface area contributed by atoms with Crippen LogP contribution in [0, 0.1) is 0 Å². The summed E-state index contributed by atoms with van der Waals surface area (Å²) in [6.07, 6.45) is 1.87. The second-order valence-corrected chi connectivity index (χ2v) is 4.70. The van der Waals surface area contributed by atoms with Crippen LogP contribution >= 0.6 is 0 Å². The number of anilines is 1. The smallest absolute Gasteiger partial charge is 0.254 e. The van der Waals surface area contributed by atoms with Gasteiger partial charge in [-0.2, -0.15) is 0 Å². The van der Waals surface area contributed by atoms with Crippen molar-refractivity contribution in [2.45, 2.75) is 25.5 Å². The first-order valence-corrected chi connectivity index (χ1v) is 6.18. The van der Waals surface area contributed by atoms with Gasteiger partial charge in [-0.3, -0.25) is 9.36 Å². The van der Waals surface area contributed by atoms with Gasteiger partial charge in [-0.15, -0.1) is 0 Å². The number of ether oxygens (including phenoxy) is 1. The predicted octanol–water partition coefficient (Wildman–Crippen LogP) is -0.146. The Kier molecular flexibility index (Phi) is 3.98. The molecule has 0 saturated carbocycles. The van der Waals surface area contributed by atoms with Crippen molar-refractivity contribution in [3.8, 4) is 0 Å². The lowest BCUT2D eigenvalue weighted by molar-refractivity contribution is 0.181. The molecule has 1 fully saturated rings. The molecule has 1 aliphatic rings. The molecule has 2 N–H and O–H groups in total. The van der Waals surface area contributed by atoms with Crippen LogP contribution in [0.5, 0.6) is 0 Å². The Morgan fingerprint density at radius 2 is 2.17 bits per heavy atom. The largest absolute Gasteiger partial charge is 0.378 e. The van der Waals surface area contributed by atoms with Crippen molar-refractivity contribution < 1.29 is 4.74 Å². The highest BCUT2D eigenvalue weighted by Gasteiger charge is 2.20.